The Morgan fingerprint density at radius 3 is 2.00 bits per heavy atom. The summed E-state index contributed by atoms with van der Waals surface area (Å²) in [6.07, 6.45) is 6.15. The van der Waals surface area contributed by atoms with Gasteiger partial charge in [0.05, 0.1) is 0 Å². The van der Waals surface area contributed by atoms with E-state index in [0.717, 1.165) is 0 Å². The molecule has 0 aliphatic carbocycles. The van der Waals surface area contributed by atoms with Crippen LogP contribution in [0, 0.1) is 12.3 Å². The quantitative estimate of drug-likeness (QED) is 0.315. The monoisotopic (exact) mass is 206 g/mol. The predicted octanol–water partition coefficient (Wildman–Crippen LogP) is 0.969. The number of halogens is 1. The van der Waals surface area contributed by atoms with Crippen LogP contribution >= 0.6 is 15.9 Å². The molecule has 1 radical (unpaired) electrons. The Labute approximate surface area is 65.7 Å². The molecular weight excluding hydrogens is 205 g/mol. The zero-order chi connectivity index (χ0) is 3.41. The van der Waals surface area contributed by atoms with Crippen LogP contribution < -0.4 is 0 Å². The molecule has 0 rings (SSSR count). The maximum absolute atomic E-state index is 6.15. The largest absolute Gasteiger partial charge is 0.693 e. The molecule has 0 aliphatic heterocycles. The van der Waals surface area contributed by atoms with Crippen LogP contribution in [0.15, 0.2) is 0 Å². The van der Waals surface area contributed by atoms with E-state index in [0.29, 0.717) is 5.33 Å². The zero-order valence-electron chi connectivity index (χ0n) is 2.66. The molecular formula is C3H2BrY-. The fourth-order valence-electron chi connectivity index (χ4n) is 0. The molecule has 0 aliphatic rings. The minimum absolute atomic E-state index is 0. The maximum Gasteiger partial charge on any atom is 0.0251 e. The Kier molecular flexibility index (Phi) is 16.9. The number of rotatable bonds is 0. The van der Waals surface area contributed by atoms with Crippen molar-refractivity contribution >= 4 is 15.9 Å². The summed E-state index contributed by atoms with van der Waals surface area (Å²) in [5.74, 6) is 2.10. The fraction of sp³-hybridized carbons (Fsp3) is 0.333. The topological polar surface area (TPSA) is 0 Å². The van der Waals surface area contributed by atoms with E-state index in [1.54, 1.807) is 0 Å². The van der Waals surface area contributed by atoms with E-state index in [4.69, 9.17) is 6.42 Å². The maximum atomic E-state index is 6.15. The van der Waals surface area contributed by atoms with Gasteiger partial charge in [-0.05, 0) is 0 Å². The third kappa shape index (κ3) is 11.1. The van der Waals surface area contributed by atoms with Crippen LogP contribution in [0.3, 0.4) is 0 Å². The molecule has 0 aromatic carbocycles. The second-order valence-corrected chi connectivity index (χ2v) is 0.871. The van der Waals surface area contributed by atoms with Crippen molar-refractivity contribution in [3.8, 4) is 5.92 Å². The van der Waals surface area contributed by atoms with Crippen molar-refractivity contribution in [1.29, 1.82) is 0 Å². The minimum Gasteiger partial charge on any atom is -0.693 e. The molecule has 0 unspecified atom stereocenters. The van der Waals surface area contributed by atoms with Gasteiger partial charge in [-0.2, -0.15) is 0 Å². The first-order valence-corrected chi connectivity index (χ1v) is 1.99. The summed E-state index contributed by atoms with van der Waals surface area (Å²) in [7, 11) is 0. The fourth-order valence-corrected chi connectivity index (χ4v) is 0. The molecule has 0 saturated carbocycles. The van der Waals surface area contributed by atoms with E-state index in [1.807, 2.05) is 0 Å². The first-order chi connectivity index (χ1) is 1.91. The van der Waals surface area contributed by atoms with Gasteiger partial charge in [0.1, 0.15) is 0 Å². The molecule has 0 spiro atoms. The van der Waals surface area contributed by atoms with Crippen LogP contribution in [0.4, 0.5) is 0 Å². The molecule has 2 heteroatoms. The molecule has 0 saturated heterocycles. The van der Waals surface area contributed by atoms with Gasteiger partial charge < -0.3 is 12.3 Å². The van der Waals surface area contributed by atoms with E-state index in [9.17, 15) is 0 Å². The third-order valence-corrected chi connectivity index (χ3v) is 0.347. The van der Waals surface area contributed by atoms with Gasteiger partial charge in [-0.25, -0.2) is 0 Å². The van der Waals surface area contributed by atoms with E-state index in [-0.39, 0.29) is 32.7 Å². The van der Waals surface area contributed by atoms with Crippen molar-refractivity contribution < 1.29 is 32.7 Å². The second-order valence-electron chi connectivity index (χ2n) is 0.310. The van der Waals surface area contributed by atoms with Gasteiger partial charge in [0, 0.05) is 38.0 Å². The minimum atomic E-state index is 0. The first-order valence-electron chi connectivity index (χ1n) is 0.871. The molecule has 25 valence electrons. The Morgan fingerprint density at radius 1 is 1.80 bits per heavy atom. The molecule has 0 bridgehead atoms. The molecule has 0 heterocycles. The number of hydrogen-bond donors (Lipinski definition) is 0. The van der Waals surface area contributed by atoms with E-state index >= 15 is 0 Å². The summed E-state index contributed by atoms with van der Waals surface area (Å²) in [6.45, 7) is 0. The second kappa shape index (κ2) is 8.94. The summed E-state index contributed by atoms with van der Waals surface area (Å²) in [5, 5.41) is 0.549. The van der Waals surface area contributed by atoms with Crippen LogP contribution in [-0.2, 0) is 32.7 Å². The van der Waals surface area contributed by atoms with Crippen molar-refractivity contribution in [2.75, 3.05) is 5.33 Å². The number of alkyl halides is 1. The smallest absolute Gasteiger partial charge is 0.0251 e. The normalized spacial score (nSPS) is 4.00. The third-order valence-electron chi connectivity index (χ3n) is 0.0668. The molecule has 0 fully saturated rings. The molecule has 0 amide bonds. The van der Waals surface area contributed by atoms with Crippen LogP contribution in [-0.4, -0.2) is 5.33 Å². The van der Waals surface area contributed by atoms with Crippen molar-refractivity contribution in [3.63, 3.8) is 0 Å². The predicted molar refractivity (Wildman–Crippen MR) is 20.9 cm³/mol. The Balaban J connectivity index is 0. The molecule has 0 N–H and O–H groups in total. The molecule has 5 heavy (non-hydrogen) atoms. The van der Waals surface area contributed by atoms with Gasteiger partial charge in [0.2, 0.25) is 0 Å². The summed E-state index contributed by atoms with van der Waals surface area (Å²) >= 11 is 2.95. The van der Waals surface area contributed by atoms with Gasteiger partial charge in [-0.3, -0.25) is 0 Å². The summed E-state index contributed by atoms with van der Waals surface area (Å²) in [4.78, 5) is 0. The number of hydrogen-bond acceptors (Lipinski definition) is 0. The first kappa shape index (κ1) is 9.47. The van der Waals surface area contributed by atoms with Gasteiger partial charge >= 0.3 is 0 Å². The van der Waals surface area contributed by atoms with Crippen LogP contribution in [0.1, 0.15) is 0 Å². The summed E-state index contributed by atoms with van der Waals surface area (Å²) in [5.41, 5.74) is 0. The molecule has 0 atom stereocenters. The van der Waals surface area contributed by atoms with Gasteiger partial charge in [-0.1, -0.05) is 15.9 Å². The standard InChI is InChI=1S/C3H2Br.Y/c1-2-3-4;/h3H2;/q-1;. The summed E-state index contributed by atoms with van der Waals surface area (Å²) in [6, 6.07) is 0. The van der Waals surface area contributed by atoms with E-state index < -0.39 is 0 Å². The van der Waals surface area contributed by atoms with Gasteiger partial charge in [-0.15, -0.1) is 0 Å². The molecule has 0 aromatic rings. The van der Waals surface area contributed by atoms with Crippen molar-refractivity contribution in [3.05, 3.63) is 6.42 Å². The van der Waals surface area contributed by atoms with E-state index in [2.05, 4.69) is 21.9 Å². The van der Waals surface area contributed by atoms with Crippen LogP contribution in [0.2, 0.25) is 0 Å². The molecule has 0 nitrogen and oxygen atoms in total. The van der Waals surface area contributed by atoms with Crippen LogP contribution in [0.25, 0.3) is 0 Å². The molecule has 0 aromatic heterocycles. The SMILES string of the molecule is [C-]#CCBr.[Y]. The van der Waals surface area contributed by atoms with Gasteiger partial charge in [0.25, 0.3) is 0 Å². The van der Waals surface area contributed by atoms with Crippen molar-refractivity contribution in [1.82, 2.24) is 0 Å². The Bertz CT molecular complexity index is 36.6. The van der Waals surface area contributed by atoms with E-state index in [1.165, 1.54) is 0 Å². The summed E-state index contributed by atoms with van der Waals surface area (Å²) < 4.78 is 0. The average molecular weight is 207 g/mol. The zero-order valence-corrected chi connectivity index (χ0v) is 7.09. The average Bonchev–Trinajstić information content (AvgIpc) is 1.37. The van der Waals surface area contributed by atoms with Crippen LogP contribution in [0.5, 0.6) is 0 Å². The van der Waals surface area contributed by atoms with Gasteiger partial charge in [0.15, 0.2) is 0 Å². The van der Waals surface area contributed by atoms with Crippen molar-refractivity contribution in [2.24, 2.45) is 0 Å². The Hall–Kier alpha value is 1.14. The van der Waals surface area contributed by atoms with Crippen molar-refractivity contribution in [2.45, 2.75) is 0 Å². The Morgan fingerprint density at radius 2 is 2.00 bits per heavy atom.